The average Bonchev–Trinajstić information content (AvgIpc) is 3.84. The van der Waals surface area contributed by atoms with E-state index in [4.69, 9.17) is 15.0 Å². The Morgan fingerprint density at radius 1 is 0.686 bits per heavy atom. The summed E-state index contributed by atoms with van der Waals surface area (Å²) in [4.78, 5) is 12.8. The number of hydrogen-bond acceptors (Lipinski definition) is 5. The maximum Gasteiger partial charge on any atom is 0.354 e. The first-order valence-electron chi connectivity index (χ1n) is 17.3. The molecule has 0 fully saturated rings. The van der Waals surface area contributed by atoms with Crippen molar-refractivity contribution in [1.29, 1.82) is 0 Å². The molecule has 7 nitrogen and oxygen atoms in total. The number of carbonyl (C=O) groups is 1. The standard InChI is InChI=1S/C44H39N5O2/c1-3-5-23-38-30-31-41(43(50)51-4-2)48(38)32-33-26-28-34(29-27-33)39-24-15-16-25-40(39)42-45-46-47-49(42)44(35-17-9-6-10-18-35,36-19-11-7-12-20-36)37-21-13-8-14-22-37/h5-31H,3-4,32H2,1-2H3. The van der Waals surface area contributed by atoms with Crippen LogP contribution in [0.3, 0.4) is 0 Å². The molecule has 7 heteroatoms. The van der Waals surface area contributed by atoms with Gasteiger partial charge in [-0.1, -0.05) is 153 Å². The van der Waals surface area contributed by atoms with Crippen LogP contribution in [0.1, 0.15) is 58.7 Å². The summed E-state index contributed by atoms with van der Waals surface area (Å²) in [5.74, 6) is 0.319. The molecule has 0 bridgehead atoms. The maximum atomic E-state index is 12.8. The Kier molecular flexibility index (Phi) is 9.79. The summed E-state index contributed by atoms with van der Waals surface area (Å²) >= 11 is 0. The van der Waals surface area contributed by atoms with Crippen LogP contribution in [0, 0.1) is 0 Å². The van der Waals surface area contributed by atoms with Crippen LogP contribution in [0.25, 0.3) is 28.6 Å². The molecular weight excluding hydrogens is 631 g/mol. The molecule has 0 saturated heterocycles. The summed E-state index contributed by atoms with van der Waals surface area (Å²) in [6, 6.07) is 51.8. The first-order chi connectivity index (χ1) is 25.1. The van der Waals surface area contributed by atoms with E-state index in [-0.39, 0.29) is 5.97 Å². The minimum absolute atomic E-state index is 0.324. The topological polar surface area (TPSA) is 74.8 Å². The Bertz CT molecular complexity index is 2140. The van der Waals surface area contributed by atoms with Crippen molar-refractivity contribution in [3.63, 3.8) is 0 Å². The van der Waals surface area contributed by atoms with Crippen molar-refractivity contribution in [1.82, 2.24) is 24.8 Å². The van der Waals surface area contributed by atoms with E-state index in [0.717, 1.165) is 51.1 Å². The van der Waals surface area contributed by atoms with Crippen LogP contribution >= 0.6 is 0 Å². The lowest BCUT2D eigenvalue weighted by atomic mass is 9.77. The van der Waals surface area contributed by atoms with E-state index >= 15 is 0 Å². The fourth-order valence-corrected chi connectivity index (χ4v) is 6.82. The summed E-state index contributed by atoms with van der Waals surface area (Å²) in [5.41, 5.74) is 7.74. The summed E-state index contributed by atoms with van der Waals surface area (Å²) in [6.07, 6.45) is 5.05. The second-order valence-corrected chi connectivity index (χ2v) is 12.2. The van der Waals surface area contributed by atoms with Crippen molar-refractivity contribution in [2.24, 2.45) is 0 Å². The largest absolute Gasteiger partial charge is 0.461 e. The number of hydrogen-bond donors (Lipinski definition) is 0. The van der Waals surface area contributed by atoms with Crippen LogP contribution in [-0.2, 0) is 16.8 Å². The maximum absolute atomic E-state index is 12.8. The number of carbonyl (C=O) groups excluding carboxylic acids is 1. The van der Waals surface area contributed by atoms with Crippen LogP contribution in [-0.4, -0.2) is 37.4 Å². The SMILES string of the molecule is CCC=Cc1ccc(C(=O)OCC)n1Cc1ccc(-c2ccccc2-c2nnnn2C(c2ccccc2)(c2ccccc2)c2ccccc2)cc1. The number of rotatable bonds is 12. The minimum atomic E-state index is -0.864. The second-order valence-electron chi connectivity index (χ2n) is 12.2. The van der Waals surface area contributed by atoms with Crippen molar-refractivity contribution in [3.8, 4) is 22.5 Å². The van der Waals surface area contributed by atoms with Gasteiger partial charge in [-0.2, -0.15) is 0 Å². The van der Waals surface area contributed by atoms with Gasteiger partial charge in [0, 0.05) is 17.8 Å². The lowest BCUT2D eigenvalue weighted by molar-refractivity contribution is 0.0514. The molecular formula is C44H39N5O2. The minimum Gasteiger partial charge on any atom is -0.461 e. The highest BCUT2D eigenvalue weighted by Gasteiger charge is 2.42. The molecule has 0 amide bonds. The van der Waals surface area contributed by atoms with Crippen molar-refractivity contribution < 1.29 is 9.53 Å². The summed E-state index contributed by atoms with van der Waals surface area (Å²) in [5, 5.41) is 13.8. The van der Waals surface area contributed by atoms with Gasteiger partial charge in [0.15, 0.2) is 5.82 Å². The Balaban J connectivity index is 1.33. The molecule has 2 heterocycles. The first kappa shape index (κ1) is 33.2. The second kappa shape index (κ2) is 15.0. The van der Waals surface area contributed by atoms with Gasteiger partial charge in [0.05, 0.1) is 6.61 Å². The summed E-state index contributed by atoms with van der Waals surface area (Å²) in [6.45, 7) is 4.77. The molecule has 0 unspecified atom stereocenters. The van der Waals surface area contributed by atoms with Crippen LogP contribution in [0.4, 0.5) is 0 Å². The molecule has 2 aromatic heterocycles. The lowest BCUT2D eigenvalue weighted by Crippen LogP contribution is -2.39. The molecule has 0 saturated carbocycles. The lowest BCUT2D eigenvalue weighted by Gasteiger charge is -2.36. The number of esters is 1. The number of nitrogens with zero attached hydrogens (tertiary/aromatic N) is 5. The van der Waals surface area contributed by atoms with Gasteiger partial charge in [-0.15, -0.1) is 5.10 Å². The van der Waals surface area contributed by atoms with Crippen molar-refractivity contribution in [2.45, 2.75) is 32.4 Å². The molecule has 0 aliphatic carbocycles. The van der Waals surface area contributed by atoms with Crippen LogP contribution in [0.5, 0.6) is 0 Å². The Morgan fingerprint density at radius 2 is 1.25 bits per heavy atom. The predicted molar refractivity (Wildman–Crippen MR) is 202 cm³/mol. The van der Waals surface area contributed by atoms with E-state index < -0.39 is 5.54 Å². The number of aromatic nitrogens is 5. The average molecular weight is 670 g/mol. The zero-order valence-electron chi connectivity index (χ0n) is 28.8. The highest BCUT2D eigenvalue weighted by molar-refractivity contribution is 5.88. The van der Waals surface area contributed by atoms with E-state index in [1.54, 1.807) is 0 Å². The van der Waals surface area contributed by atoms with Gasteiger partial charge in [0.25, 0.3) is 0 Å². The van der Waals surface area contributed by atoms with Gasteiger partial charge in [-0.25, -0.2) is 9.48 Å². The predicted octanol–water partition coefficient (Wildman–Crippen LogP) is 9.30. The molecule has 0 N–H and O–H groups in total. The monoisotopic (exact) mass is 669 g/mol. The Morgan fingerprint density at radius 3 is 1.82 bits per heavy atom. The third-order valence-corrected chi connectivity index (χ3v) is 9.16. The van der Waals surface area contributed by atoms with Gasteiger partial charge in [-0.05, 0) is 75.4 Å². The number of ether oxygens (including phenoxy) is 1. The number of tetrazole rings is 1. The van der Waals surface area contributed by atoms with Gasteiger partial charge >= 0.3 is 5.97 Å². The highest BCUT2D eigenvalue weighted by atomic mass is 16.5. The van der Waals surface area contributed by atoms with Gasteiger partial charge < -0.3 is 9.30 Å². The highest BCUT2D eigenvalue weighted by Crippen LogP contribution is 2.43. The smallest absolute Gasteiger partial charge is 0.354 e. The molecule has 7 rings (SSSR count). The van der Waals surface area contributed by atoms with E-state index in [1.165, 1.54) is 0 Å². The van der Waals surface area contributed by atoms with Crippen molar-refractivity contribution in [2.75, 3.05) is 6.61 Å². The third-order valence-electron chi connectivity index (χ3n) is 9.16. The van der Waals surface area contributed by atoms with E-state index in [9.17, 15) is 4.79 Å². The Labute approximate surface area is 298 Å². The Hall–Kier alpha value is -6.34. The fourth-order valence-electron chi connectivity index (χ4n) is 6.82. The van der Waals surface area contributed by atoms with Crippen LogP contribution in [0.15, 0.2) is 158 Å². The molecule has 7 aromatic rings. The molecule has 51 heavy (non-hydrogen) atoms. The zero-order chi connectivity index (χ0) is 35.0. The van der Waals surface area contributed by atoms with E-state index in [1.807, 2.05) is 58.6 Å². The van der Waals surface area contributed by atoms with Crippen molar-refractivity contribution in [3.05, 3.63) is 191 Å². The molecule has 252 valence electrons. The number of benzene rings is 5. The van der Waals surface area contributed by atoms with Gasteiger partial charge in [0.1, 0.15) is 11.2 Å². The third kappa shape index (κ3) is 6.42. The van der Waals surface area contributed by atoms with Crippen molar-refractivity contribution >= 4 is 12.0 Å². The van der Waals surface area contributed by atoms with Crippen LogP contribution in [0.2, 0.25) is 0 Å². The molecule has 5 aromatic carbocycles. The zero-order valence-corrected chi connectivity index (χ0v) is 28.8. The fraction of sp³-hybridized carbons (Fsp3) is 0.136. The summed E-state index contributed by atoms with van der Waals surface area (Å²) in [7, 11) is 0. The molecule has 0 spiro atoms. The van der Waals surface area contributed by atoms with Crippen LogP contribution < -0.4 is 0 Å². The number of allylic oxidation sites excluding steroid dienone is 1. The quantitative estimate of drug-likeness (QED) is 0.0958. The molecule has 0 radical (unpaired) electrons. The molecule has 0 aliphatic rings. The van der Waals surface area contributed by atoms with Gasteiger partial charge in [-0.3, -0.25) is 0 Å². The first-order valence-corrected chi connectivity index (χ1v) is 17.3. The molecule has 0 aliphatic heterocycles. The molecule has 0 atom stereocenters. The van der Waals surface area contributed by atoms with E-state index in [0.29, 0.717) is 24.7 Å². The summed E-state index contributed by atoms with van der Waals surface area (Å²) < 4.78 is 9.34. The van der Waals surface area contributed by atoms with E-state index in [2.05, 4.69) is 133 Å². The van der Waals surface area contributed by atoms with Gasteiger partial charge in [0.2, 0.25) is 0 Å². The normalized spacial score (nSPS) is 11.6.